The molecule has 8 heteroatoms. The molecule has 23 heavy (non-hydrogen) atoms. The first kappa shape index (κ1) is 15.0. The van der Waals surface area contributed by atoms with Gasteiger partial charge in [0.25, 0.3) is 0 Å². The molecule has 1 N–H and O–H groups in total. The van der Waals surface area contributed by atoms with Crippen molar-refractivity contribution in [3.8, 4) is 0 Å². The Morgan fingerprint density at radius 2 is 2.22 bits per heavy atom. The van der Waals surface area contributed by atoms with Crippen molar-refractivity contribution in [3.05, 3.63) is 22.6 Å². The summed E-state index contributed by atoms with van der Waals surface area (Å²) in [4.78, 5) is 11.5. The molecule has 0 fully saturated rings. The van der Waals surface area contributed by atoms with E-state index in [1.165, 1.54) is 34.0 Å². The van der Waals surface area contributed by atoms with Crippen LogP contribution in [0.15, 0.2) is 16.5 Å². The van der Waals surface area contributed by atoms with Crippen LogP contribution in [0.4, 0.5) is 0 Å². The first-order valence-electron chi connectivity index (χ1n) is 7.77. The van der Waals surface area contributed by atoms with Gasteiger partial charge >= 0.3 is 0 Å². The van der Waals surface area contributed by atoms with Crippen LogP contribution in [0.25, 0.3) is 10.2 Å². The molecule has 1 aliphatic rings. The van der Waals surface area contributed by atoms with E-state index in [2.05, 4.69) is 27.1 Å². The number of rotatable bonds is 5. The molecule has 3 aromatic rings. The Morgan fingerprint density at radius 1 is 1.30 bits per heavy atom. The topological polar surface area (TPSA) is 76.7 Å². The Bertz CT molecular complexity index is 857. The molecule has 0 unspecified atom stereocenters. The Hall–Kier alpha value is -1.51. The molecule has 0 aromatic carbocycles. The molecule has 0 saturated carbocycles. The first-order valence-corrected chi connectivity index (χ1v) is 9.41. The number of aryl methyl sites for hydroxylation is 2. The molecule has 6 nitrogen and oxygen atoms in total. The molecule has 1 aliphatic carbocycles. The lowest BCUT2D eigenvalue weighted by atomic mass is 10.2. The summed E-state index contributed by atoms with van der Waals surface area (Å²) >= 11 is 3.31. The lowest BCUT2D eigenvalue weighted by Gasteiger charge is -2.07. The van der Waals surface area contributed by atoms with Gasteiger partial charge in [-0.15, -0.1) is 21.5 Å². The van der Waals surface area contributed by atoms with E-state index in [1.54, 1.807) is 17.7 Å². The van der Waals surface area contributed by atoms with Crippen molar-refractivity contribution in [3.63, 3.8) is 0 Å². The van der Waals surface area contributed by atoms with E-state index in [0.717, 1.165) is 40.8 Å². The fraction of sp³-hybridized carbons (Fsp3) is 0.467. The third-order valence-electron chi connectivity index (χ3n) is 4.04. The Morgan fingerprint density at radius 3 is 3.04 bits per heavy atom. The minimum atomic E-state index is -0.0966. The summed E-state index contributed by atoms with van der Waals surface area (Å²) in [6.07, 6.45) is 6.08. The number of thiophene rings is 1. The van der Waals surface area contributed by atoms with E-state index in [1.807, 2.05) is 4.57 Å². The van der Waals surface area contributed by atoms with Gasteiger partial charge in [-0.3, -0.25) is 0 Å². The zero-order valence-corrected chi connectivity index (χ0v) is 14.5. The van der Waals surface area contributed by atoms with E-state index in [0.29, 0.717) is 5.82 Å². The molecule has 4 rings (SSSR count). The molecule has 0 bridgehead atoms. The van der Waals surface area contributed by atoms with Crippen molar-refractivity contribution >= 4 is 33.3 Å². The monoisotopic (exact) mass is 347 g/mol. The van der Waals surface area contributed by atoms with Gasteiger partial charge in [-0.05, 0) is 43.0 Å². The summed E-state index contributed by atoms with van der Waals surface area (Å²) in [5.41, 5.74) is 1.41. The van der Waals surface area contributed by atoms with Gasteiger partial charge in [-0.1, -0.05) is 6.92 Å². The zero-order valence-electron chi connectivity index (χ0n) is 12.8. The maximum absolute atomic E-state index is 9.43. The highest BCUT2D eigenvalue weighted by Gasteiger charge is 2.23. The number of hydrogen-bond donors (Lipinski definition) is 1. The Kier molecular flexibility index (Phi) is 4.04. The molecule has 0 aliphatic heterocycles. The van der Waals surface area contributed by atoms with Crippen LogP contribution in [0, 0.1) is 0 Å². The molecular formula is C15H17N5OS2. The summed E-state index contributed by atoms with van der Waals surface area (Å²) in [6, 6.07) is 0. The predicted octanol–water partition coefficient (Wildman–Crippen LogP) is 2.83. The molecular weight excluding hydrogens is 330 g/mol. The smallest absolute Gasteiger partial charge is 0.197 e. The molecule has 0 spiro atoms. The van der Waals surface area contributed by atoms with Gasteiger partial charge in [-0.25, -0.2) is 9.97 Å². The molecule has 0 saturated heterocycles. The molecule has 0 atom stereocenters. The van der Waals surface area contributed by atoms with Crippen LogP contribution >= 0.6 is 23.1 Å². The molecule has 3 heterocycles. The Labute approximate surface area is 142 Å². The predicted molar refractivity (Wildman–Crippen MR) is 89.8 cm³/mol. The highest BCUT2D eigenvalue weighted by Crippen LogP contribution is 2.41. The van der Waals surface area contributed by atoms with Crippen molar-refractivity contribution in [2.45, 2.75) is 55.9 Å². The first-order chi connectivity index (χ1) is 11.3. The second-order valence-electron chi connectivity index (χ2n) is 5.53. The van der Waals surface area contributed by atoms with Gasteiger partial charge in [0.15, 0.2) is 11.0 Å². The lowest BCUT2D eigenvalue weighted by Crippen LogP contribution is -2.04. The van der Waals surface area contributed by atoms with Crippen molar-refractivity contribution < 1.29 is 5.11 Å². The minimum Gasteiger partial charge on any atom is -0.388 e. The van der Waals surface area contributed by atoms with Gasteiger partial charge in [0.1, 0.15) is 22.8 Å². The number of aliphatic hydroxyl groups excluding tert-OH is 1. The van der Waals surface area contributed by atoms with Crippen molar-refractivity contribution in [2.24, 2.45) is 0 Å². The van der Waals surface area contributed by atoms with Crippen molar-refractivity contribution in [1.82, 2.24) is 24.7 Å². The third-order valence-corrected chi connectivity index (χ3v) is 6.22. The van der Waals surface area contributed by atoms with Gasteiger partial charge in [0.05, 0.1) is 0 Å². The number of fused-ring (bicyclic) bond motifs is 3. The summed E-state index contributed by atoms with van der Waals surface area (Å²) in [5, 5.41) is 20.7. The molecule has 120 valence electrons. The molecule has 3 aromatic heterocycles. The summed E-state index contributed by atoms with van der Waals surface area (Å²) in [5.74, 6) is 0.607. The van der Waals surface area contributed by atoms with E-state index < -0.39 is 0 Å². The second-order valence-corrected chi connectivity index (χ2v) is 7.57. The SMILES string of the molecule is CCCn1c(CO)nnc1Sc1ncnc2sc3c(c12)CCC3. The van der Waals surface area contributed by atoms with Gasteiger partial charge in [0.2, 0.25) is 0 Å². The maximum atomic E-state index is 9.43. The fourth-order valence-electron chi connectivity index (χ4n) is 3.02. The quantitative estimate of drug-likeness (QED) is 0.715. The Balaban J connectivity index is 1.78. The van der Waals surface area contributed by atoms with Crippen LogP contribution < -0.4 is 0 Å². The summed E-state index contributed by atoms with van der Waals surface area (Å²) in [6.45, 7) is 2.80. The maximum Gasteiger partial charge on any atom is 0.197 e. The number of aliphatic hydroxyl groups is 1. The van der Waals surface area contributed by atoms with E-state index in [9.17, 15) is 5.11 Å². The number of nitrogens with zero attached hydrogens (tertiary/aromatic N) is 5. The van der Waals surface area contributed by atoms with Crippen LogP contribution in [-0.2, 0) is 26.0 Å². The average molecular weight is 347 g/mol. The van der Waals surface area contributed by atoms with Gasteiger partial charge in [0, 0.05) is 16.8 Å². The van der Waals surface area contributed by atoms with E-state index in [4.69, 9.17) is 0 Å². The van der Waals surface area contributed by atoms with Crippen molar-refractivity contribution in [1.29, 1.82) is 0 Å². The van der Waals surface area contributed by atoms with Gasteiger partial charge < -0.3 is 9.67 Å². The van der Waals surface area contributed by atoms with Gasteiger partial charge in [-0.2, -0.15) is 0 Å². The number of aromatic nitrogens is 5. The highest BCUT2D eigenvalue weighted by molar-refractivity contribution is 7.99. The van der Waals surface area contributed by atoms with Crippen LogP contribution in [0.5, 0.6) is 0 Å². The third kappa shape index (κ3) is 2.54. The summed E-state index contributed by atoms with van der Waals surface area (Å²) in [7, 11) is 0. The van der Waals surface area contributed by atoms with E-state index >= 15 is 0 Å². The zero-order chi connectivity index (χ0) is 15.8. The van der Waals surface area contributed by atoms with Crippen LogP contribution in [0.3, 0.4) is 0 Å². The standard InChI is InChI=1S/C15H17N5OS2/c1-2-6-20-11(7-21)18-19-15(20)23-14-12-9-4-3-5-10(9)22-13(12)16-8-17-14/h8,21H,2-7H2,1H3. The largest absolute Gasteiger partial charge is 0.388 e. The van der Waals surface area contributed by atoms with Crippen LogP contribution in [0.2, 0.25) is 0 Å². The van der Waals surface area contributed by atoms with E-state index in [-0.39, 0.29) is 6.61 Å². The van der Waals surface area contributed by atoms with Crippen LogP contribution in [0.1, 0.15) is 36.0 Å². The minimum absolute atomic E-state index is 0.0966. The molecule has 0 amide bonds. The fourth-order valence-corrected chi connectivity index (χ4v) is 5.30. The van der Waals surface area contributed by atoms with Crippen LogP contribution in [-0.4, -0.2) is 29.8 Å². The summed E-state index contributed by atoms with van der Waals surface area (Å²) < 4.78 is 1.98. The number of hydrogen-bond acceptors (Lipinski definition) is 7. The molecule has 0 radical (unpaired) electrons. The lowest BCUT2D eigenvalue weighted by molar-refractivity contribution is 0.263. The van der Waals surface area contributed by atoms with Crippen molar-refractivity contribution in [2.75, 3.05) is 0 Å². The normalized spacial score (nSPS) is 13.8. The highest BCUT2D eigenvalue weighted by atomic mass is 32.2. The average Bonchev–Trinajstić information content (AvgIpc) is 3.23. The second kappa shape index (κ2) is 6.18.